The van der Waals surface area contributed by atoms with Crippen LogP contribution in [-0.2, 0) is 14.3 Å². The highest BCUT2D eigenvalue weighted by Gasteiger charge is 2.50. The van der Waals surface area contributed by atoms with Gasteiger partial charge in [-0.2, -0.15) is 0 Å². The maximum atomic E-state index is 12.0. The van der Waals surface area contributed by atoms with Crippen LogP contribution in [0, 0.1) is 11.8 Å². The largest absolute Gasteiger partial charge is 0.481 e. The summed E-state index contributed by atoms with van der Waals surface area (Å²) in [5.41, 5.74) is 0. The molecule has 0 spiro atoms. The fourth-order valence-corrected chi connectivity index (χ4v) is 2.45. The lowest BCUT2D eigenvalue weighted by Crippen LogP contribution is -2.42. The van der Waals surface area contributed by atoms with Gasteiger partial charge in [-0.25, -0.2) is 0 Å². The van der Waals surface area contributed by atoms with Gasteiger partial charge in [0, 0.05) is 19.7 Å². The molecule has 1 aliphatic carbocycles. The SMILES string of the molecule is CCOC1CCN(C(=O)[C@H]2C[C@@H]2C(=O)O)CC1. The van der Waals surface area contributed by atoms with Gasteiger partial charge >= 0.3 is 5.97 Å². The van der Waals surface area contributed by atoms with Gasteiger partial charge in [-0.3, -0.25) is 9.59 Å². The molecule has 2 rings (SSSR count). The number of carboxylic acids is 1. The Morgan fingerprint density at radius 3 is 2.41 bits per heavy atom. The minimum atomic E-state index is -0.840. The van der Waals surface area contributed by atoms with Crippen molar-refractivity contribution >= 4 is 11.9 Å². The van der Waals surface area contributed by atoms with E-state index in [9.17, 15) is 9.59 Å². The molecule has 1 saturated heterocycles. The summed E-state index contributed by atoms with van der Waals surface area (Å²) >= 11 is 0. The molecule has 0 bridgehead atoms. The van der Waals surface area contributed by atoms with Crippen LogP contribution in [0.5, 0.6) is 0 Å². The molecule has 0 aromatic rings. The molecule has 0 aromatic heterocycles. The van der Waals surface area contributed by atoms with Gasteiger partial charge < -0.3 is 14.7 Å². The highest BCUT2D eigenvalue weighted by atomic mass is 16.5. The summed E-state index contributed by atoms with van der Waals surface area (Å²) in [6, 6.07) is 0. The summed E-state index contributed by atoms with van der Waals surface area (Å²) in [5.74, 6) is -1.52. The van der Waals surface area contributed by atoms with Crippen molar-refractivity contribution in [3.63, 3.8) is 0 Å². The molecular weight excluding hydrogens is 222 g/mol. The summed E-state index contributed by atoms with van der Waals surface area (Å²) in [4.78, 5) is 24.5. The van der Waals surface area contributed by atoms with E-state index in [0.29, 0.717) is 26.1 Å². The molecule has 17 heavy (non-hydrogen) atoms. The number of carboxylic acid groups (broad SMARTS) is 1. The molecule has 2 fully saturated rings. The summed E-state index contributed by atoms with van der Waals surface area (Å²) in [6.45, 7) is 4.08. The smallest absolute Gasteiger partial charge is 0.307 e. The zero-order valence-corrected chi connectivity index (χ0v) is 10.1. The average Bonchev–Trinajstić information content (AvgIpc) is 3.09. The van der Waals surface area contributed by atoms with Crippen molar-refractivity contribution in [1.82, 2.24) is 4.90 Å². The van der Waals surface area contributed by atoms with E-state index in [-0.39, 0.29) is 17.9 Å². The molecule has 1 saturated carbocycles. The Kier molecular flexibility index (Phi) is 3.66. The van der Waals surface area contributed by atoms with Gasteiger partial charge in [-0.05, 0) is 26.2 Å². The predicted molar refractivity (Wildman–Crippen MR) is 60.5 cm³/mol. The van der Waals surface area contributed by atoms with Crippen LogP contribution in [0.1, 0.15) is 26.2 Å². The first-order chi connectivity index (χ1) is 8.13. The molecule has 1 N–H and O–H groups in total. The lowest BCUT2D eigenvalue weighted by atomic mass is 10.1. The third-order valence-corrected chi connectivity index (χ3v) is 3.58. The molecule has 96 valence electrons. The first-order valence-corrected chi connectivity index (χ1v) is 6.26. The average molecular weight is 241 g/mol. The zero-order chi connectivity index (χ0) is 12.4. The molecular formula is C12H19NO4. The number of carbonyl (C=O) groups is 2. The van der Waals surface area contributed by atoms with Crippen LogP contribution >= 0.6 is 0 Å². The van der Waals surface area contributed by atoms with Crippen LogP contribution < -0.4 is 0 Å². The Bertz CT molecular complexity index is 310. The Balaban J connectivity index is 1.78. The number of hydrogen-bond donors (Lipinski definition) is 1. The molecule has 0 unspecified atom stereocenters. The van der Waals surface area contributed by atoms with E-state index in [1.54, 1.807) is 4.90 Å². The fraction of sp³-hybridized carbons (Fsp3) is 0.833. The third kappa shape index (κ3) is 2.77. The molecule has 5 heteroatoms. The van der Waals surface area contributed by atoms with Crippen molar-refractivity contribution in [2.45, 2.75) is 32.3 Å². The van der Waals surface area contributed by atoms with E-state index in [0.717, 1.165) is 12.8 Å². The van der Waals surface area contributed by atoms with Crippen LogP contribution in [0.25, 0.3) is 0 Å². The fourth-order valence-electron chi connectivity index (χ4n) is 2.45. The highest BCUT2D eigenvalue weighted by molar-refractivity contribution is 5.89. The maximum Gasteiger partial charge on any atom is 0.307 e. The second kappa shape index (κ2) is 5.04. The van der Waals surface area contributed by atoms with E-state index in [2.05, 4.69) is 0 Å². The van der Waals surface area contributed by atoms with E-state index < -0.39 is 11.9 Å². The van der Waals surface area contributed by atoms with Gasteiger partial charge in [0.15, 0.2) is 0 Å². The number of rotatable bonds is 4. The van der Waals surface area contributed by atoms with Gasteiger partial charge in [-0.1, -0.05) is 0 Å². The first-order valence-electron chi connectivity index (χ1n) is 6.26. The molecule has 2 aliphatic rings. The van der Waals surface area contributed by atoms with E-state index in [1.165, 1.54) is 0 Å². The van der Waals surface area contributed by atoms with E-state index in [1.807, 2.05) is 6.92 Å². The van der Waals surface area contributed by atoms with Crippen molar-refractivity contribution in [2.24, 2.45) is 11.8 Å². The topological polar surface area (TPSA) is 66.8 Å². The Morgan fingerprint density at radius 1 is 1.29 bits per heavy atom. The molecule has 5 nitrogen and oxygen atoms in total. The van der Waals surface area contributed by atoms with Crippen LogP contribution in [0.4, 0.5) is 0 Å². The molecule has 0 radical (unpaired) electrons. The first kappa shape index (κ1) is 12.4. The van der Waals surface area contributed by atoms with Crippen LogP contribution in [-0.4, -0.2) is 47.7 Å². The summed E-state index contributed by atoms with van der Waals surface area (Å²) < 4.78 is 5.51. The molecule has 0 aromatic carbocycles. The molecule has 1 amide bonds. The van der Waals surface area contributed by atoms with E-state index >= 15 is 0 Å². The summed E-state index contributed by atoms with van der Waals surface area (Å²) in [7, 11) is 0. The maximum absolute atomic E-state index is 12.0. The number of aliphatic carboxylic acids is 1. The van der Waals surface area contributed by atoms with Crippen LogP contribution in [0.3, 0.4) is 0 Å². The molecule has 2 atom stereocenters. The zero-order valence-electron chi connectivity index (χ0n) is 10.1. The van der Waals surface area contributed by atoms with Gasteiger partial charge in [0.05, 0.1) is 17.9 Å². The third-order valence-electron chi connectivity index (χ3n) is 3.58. The number of nitrogens with zero attached hydrogens (tertiary/aromatic N) is 1. The monoisotopic (exact) mass is 241 g/mol. The minimum absolute atomic E-state index is 0.0207. The van der Waals surface area contributed by atoms with Crippen molar-refractivity contribution in [2.75, 3.05) is 19.7 Å². The standard InChI is InChI=1S/C12H19NO4/c1-2-17-8-3-5-13(6-4-8)11(14)9-7-10(9)12(15)16/h8-10H,2-7H2,1H3,(H,15,16)/t9-,10-/m0/s1. The molecule has 1 heterocycles. The van der Waals surface area contributed by atoms with Crippen molar-refractivity contribution in [3.05, 3.63) is 0 Å². The number of likely N-dealkylation sites (tertiary alicyclic amines) is 1. The second-order valence-corrected chi connectivity index (χ2v) is 4.77. The highest BCUT2D eigenvalue weighted by Crippen LogP contribution is 2.40. The summed E-state index contributed by atoms with van der Waals surface area (Å²) in [5, 5.41) is 8.79. The van der Waals surface area contributed by atoms with E-state index in [4.69, 9.17) is 9.84 Å². The van der Waals surface area contributed by atoms with Crippen molar-refractivity contribution in [1.29, 1.82) is 0 Å². The normalized spacial score (nSPS) is 29.1. The number of carbonyl (C=O) groups excluding carboxylic acids is 1. The lowest BCUT2D eigenvalue weighted by Gasteiger charge is -2.32. The summed E-state index contributed by atoms with van der Waals surface area (Å²) in [6.07, 6.45) is 2.51. The van der Waals surface area contributed by atoms with Gasteiger partial charge in [0.2, 0.25) is 5.91 Å². The lowest BCUT2D eigenvalue weighted by molar-refractivity contribution is -0.142. The van der Waals surface area contributed by atoms with Crippen molar-refractivity contribution < 1.29 is 19.4 Å². The van der Waals surface area contributed by atoms with Gasteiger partial charge in [-0.15, -0.1) is 0 Å². The van der Waals surface area contributed by atoms with Gasteiger partial charge in [0.25, 0.3) is 0 Å². The van der Waals surface area contributed by atoms with Crippen LogP contribution in [0.15, 0.2) is 0 Å². The number of amides is 1. The minimum Gasteiger partial charge on any atom is -0.481 e. The van der Waals surface area contributed by atoms with Crippen LogP contribution in [0.2, 0.25) is 0 Å². The second-order valence-electron chi connectivity index (χ2n) is 4.77. The number of hydrogen-bond acceptors (Lipinski definition) is 3. The Hall–Kier alpha value is -1.10. The predicted octanol–water partition coefficient (Wildman–Crippen LogP) is 0.735. The Labute approximate surface area is 101 Å². The Morgan fingerprint density at radius 2 is 1.94 bits per heavy atom. The molecule has 1 aliphatic heterocycles. The van der Waals surface area contributed by atoms with Gasteiger partial charge in [0.1, 0.15) is 0 Å². The number of piperidine rings is 1. The quantitative estimate of drug-likeness (QED) is 0.788. The van der Waals surface area contributed by atoms with Crippen molar-refractivity contribution in [3.8, 4) is 0 Å². The number of ether oxygens (including phenoxy) is 1.